The van der Waals surface area contributed by atoms with Gasteiger partial charge in [-0.2, -0.15) is 4.72 Å². The Morgan fingerprint density at radius 1 is 1.12 bits per heavy atom. The van der Waals surface area contributed by atoms with Crippen LogP contribution in [0.2, 0.25) is 0 Å². The van der Waals surface area contributed by atoms with E-state index in [2.05, 4.69) is 10.0 Å². The van der Waals surface area contributed by atoms with E-state index in [1.165, 1.54) is 50.4 Å². The highest BCUT2D eigenvalue weighted by Gasteiger charge is 2.24. The van der Waals surface area contributed by atoms with Crippen LogP contribution in [0.25, 0.3) is 0 Å². The largest absolute Gasteiger partial charge is 0.497 e. The molecule has 0 saturated carbocycles. The van der Waals surface area contributed by atoms with E-state index in [0.717, 1.165) is 6.07 Å². The number of sulfonamides is 1. The number of hydrogen-bond donors (Lipinski definition) is 2. The molecule has 178 valence electrons. The fourth-order valence-corrected chi connectivity index (χ4v) is 3.77. The standard InChI is InChI=1S/C20H23N3O9S/c1-4-31-15-7-10-17(18(11-15)23(26)27)21-19(24)12-32-20(25)13(2)22-33(28,29)16-8-5-14(30-3)6-9-16/h5-11,13,22H,4,12H2,1-3H3,(H,21,24)/t13-/m0/s1. The Labute approximate surface area is 190 Å². The van der Waals surface area contributed by atoms with Crippen molar-refractivity contribution in [3.63, 3.8) is 0 Å². The monoisotopic (exact) mass is 481 g/mol. The third kappa shape index (κ3) is 7.15. The molecule has 1 amide bonds. The van der Waals surface area contributed by atoms with E-state index in [-0.39, 0.29) is 16.3 Å². The number of benzene rings is 2. The minimum absolute atomic E-state index is 0.0940. The number of rotatable bonds is 11. The van der Waals surface area contributed by atoms with E-state index in [1.54, 1.807) is 6.92 Å². The molecule has 0 saturated heterocycles. The molecule has 0 aliphatic carbocycles. The molecule has 12 nitrogen and oxygen atoms in total. The number of carbonyl (C=O) groups excluding carboxylic acids is 2. The van der Waals surface area contributed by atoms with Crippen LogP contribution in [-0.2, 0) is 24.3 Å². The van der Waals surface area contributed by atoms with E-state index in [9.17, 15) is 28.1 Å². The number of nitrogens with zero attached hydrogens (tertiary/aromatic N) is 1. The van der Waals surface area contributed by atoms with Crippen molar-refractivity contribution >= 4 is 33.3 Å². The van der Waals surface area contributed by atoms with Crippen molar-refractivity contribution in [2.24, 2.45) is 0 Å². The van der Waals surface area contributed by atoms with Crippen LogP contribution in [0.4, 0.5) is 11.4 Å². The Balaban J connectivity index is 1.95. The number of carbonyl (C=O) groups is 2. The molecule has 0 spiro atoms. The molecular weight excluding hydrogens is 458 g/mol. The molecule has 33 heavy (non-hydrogen) atoms. The molecule has 0 unspecified atom stereocenters. The summed E-state index contributed by atoms with van der Waals surface area (Å²) in [5, 5.41) is 13.5. The molecule has 2 aromatic carbocycles. The van der Waals surface area contributed by atoms with Gasteiger partial charge in [0.05, 0.1) is 29.6 Å². The van der Waals surface area contributed by atoms with Crippen LogP contribution >= 0.6 is 0 Å². The lowest BCUT2D eigenvalue weighted by atomic mass is 10.2. The lowest BCUT2D eigenvalue weighted by molar-refractivity contribution is -0.384. The van der Waals surface area contributed by atoms with Gasteiger partial charge in [-0.15, -0.1) is 0 Å². The van der Waals surface area contributed by atoms with Crippen LogP contribution in [0.5, 0.6) is 11.5 Å². The van der Waals surface area contributed by atoms with Crippen LogP contribution in [0.1, 0.15) is 13.8 Å². The minimum atomic E-state index is -4.03. The van der Waals surface area contributed by atoms with Gasteiger partial charge in [0.1, 0.15) is 23.2 Å². The van der Waals surface area contributed by atoms with Gasteiger partial charge in [-0.05, 0) is 50.2 Å². The summed E-state index contributed by atoms with van der Waals surface area (Å²) >= 11 is 0. The summed E-state index contributed by atoms with van der Waals surface area (Å²) in [5.74, 6) is -1.14. The number of nitrogens with one attached hydrogen (secondary N) is 2. The zero-order chi connectivity index (χ0) is 24.6. The molecule has 0 aliphatic heterocycles. The normalized spacial score (nSPS) is 11.8. The zero-order valence-electron chi connectivity index (χ0n) is 18.1. The maximum absolute atomic E-state index is 12.4. The molecule has 0 fully saturated rings. The summed E-state index contributed by atoms with van der Waals surface area (Å²) in [5.41, 5.74) is -0.515. The van der Waals surface area contributed by atoms with Crippen molar-refractivity contribution < 1.29 is 37.1 Å². The molecule has 2 rings (SSSR count). The second kappa shape index (κ2) is 11.2. The summed E-state index contributed by atoms with van der Waals surface area (Å²) in [6.07, 6.45) is 0. The van der Waals surface area contributed by atoms with E-state index in [4.69, 9.17) is 14.2 Å². The number of methoxy groups -OCH3 is 1. The molecule has 0 bridgehead atoms. The van der Waals surface area contributed by atoms with Crippen molar-refractivity contribution in [2.75, 3.05) is 25.6 Å². The van der Waals surface area contributed by atoms with E-state index < -0.39 is 45.2 Å². The van der Waals surface area contributed by atoms with Gasteiger partial charge in [0, 0.05) is 0 Å². The SMILES string of the molecule is CCOc1ccc(NC(=O)COC(=O)[C@H](C)NS(=O)(=O)c2ccc(OC)cc2)c([N+](=O)[O-])c1. The number of hydrogen-bond acceptors (Lipinski definition) is 9. The number of esters is 1. The summed E-state index contributed by atoms with van der Waals surface area (Å²) < 4.78 is 41.9. The Bertz CT molecular complexity index is 1120. The zero-order valence-corrected chi connectivity index (χ0v) is 18.9. The van der Waals surface area contributed by atoms with Crippen LogP contribution in [0.3, 0.4) is 0 Å². The van der Waals surface area contributed by atoms with Gasteiger partial charge >= 0.3 is 5.97 Å². The lowest BCUT2D eigenvalue weighted by Crippen LogP contribution is -2.40. The summed E-state index contributed by atoms with van der Waals surface area (Å²) in [7, 11) is -2.60. The van der Waals surface area contributed by atoms with Crippen molar-refractivity contribution in [1.29, 1.82) is 0 Å². The third-order valence-corrected chi connectivity index (χ3v) is 5.71. The predicted octanol–water partition coefficient (Wildman–Crippen LogP) is 1.85. The van der Waals surface area contributed by atoms with Gasteiger partial charge in [0.15, 0.2) is 6.61 Å². The van der Waals surface area contributed by atoms with Crippen molar-refractivity contribution in [3.8, 4) is 11.5 Å². The van der Waals surface area contributed by atoms with Crippen LogP contribution < -0.4 is 19.5 Å². The first-order valence-electron chi connectivity index (χ1n) is 9.61. The third-order valence-electron chi connectivity index (χ3n) is 4.15. The Hall–Kier alpha value is -3.71. The van der Waals surface area contributed by atoms with Gasteiger partial charge in [0.2, 0.25) is 10.0 Å². The van der Waals surface area contributed by atoms with Gasteiger partial charge in [0.25, 0.3) is 11.6 Å². The first-order valence-corrected chi connectivity index (χ1v) is 11.1. The molecule has 0 heterocycles. The lowest BCUT2D eigenvalue weighted by Gasteiger charge is -2.14. The second-order valence-corrected chi connectivity index (χ2v) is 8.26. The Kier molecular flexibility index (Phi) is 8.70. The second-order valence-electron chi connectivity index (χ2n) is 6.54. The molecule has 0 aromatic heterocycles. The molecule has 13 heteroatoms. The predicted molar refractivity (Wildman–Crippen MR) is 117 cm³/mol. The maximum Gasteiger partial charge on any atom is 0.324 e. The topological polar surface area (TPSA) is 163 Å². The molecule has 0 aliphatic rings. The van der Waals surface area contributed by atoms with E-state index >= 15 is 0 Å². The number of anilines is 1. The number of amides is 1. The first kappa shape index (κ1) is 25.5. The highest BCUT2D eigenvalue weighted by molar-refractivity contribution is 7.89. The van der Waals surface area contributed by atoms with Gasteiger partial charge < -0.3 is 19.5 Å². The van der Waals surface area contributed by atoms with E-state index in [0.29, 0.717) is 12.4 Å². The molecule has 1 atom stereocenters. The van der Waals surface area contributed by atoms with Gasteiger partial charge in [-0.3, -0.25) is 19.7 Å². The van der Waals surface area contributed by atoms with Crippen LogP contribution in [0.15, 0.2) is 47.4 Å². The van der Waals surface area contributed by atoms with Gasteiger partial charge in [-0.25, -0.2) is 8.42 Å². The molecule has 2 aromatic rings. The molecular formula is C20H23N3O9S. The van der Waals surface area contributed by atoms with Crippen molar-refractivity contribution in [2.45, 2.75) is 24.8 Å². The van der Waals surface area contributed by atoms with Crippen LogP contribution in [0, 0.1) is 10.1 Å². The Morgan fingerprint density at radius 2 is 1.76 bits per heavy atom. The molecule has 2 N–H and O–H groups in total. The first-order chi connectivity index (χ1) is 15.6. The number of ether oxygens (including phenoxy) is 3. The summed E-state index contributed by atoms with van der Waals surface area (Å²) in [4.78, 5) is 34.7. The van der Waals surface area contributed by atoms with Crippen molar-refractivity contribution in [3.05, 3.63) is 52.6 Å². The maximum atomic E-state index is 12.4. The fourth-order valence-electron chi connectivity index (χ4n) is 2.58. The smallest absolute Gasteiger partial charge is 0.324 e. The minimum Gasteiger partial charge on any atom is -0.497 e. The summed E-state index contributed by atoms with van der Waals surface area (Å²) in [6, 6.07) is 8.07. The Morgan fingerprint density at radius 3 is 2.33 bits per heavy atom. The average molecular weight is 481 g/mol. The van der Waals surface area contributed by atoms with Gasteiger partial charge in [-0.1, -0.05) is 0 Å². The van der Waals surface area contributed by atoms with Crippen LogP contribution in [-0.4, -0.2) is 51.6 Å². The number of nitro benzene ring substituents is 1. The van der Waals surface area contributed by atoms with E-state index in [1.807, 2.05) is 0 Å². The number of nitro groups is 1. The fraction of sp³-hybridized carbons (Fsp3) is 0.300. The average Bonchev–Trinajstić information content (AvgIpc) is 2.78. The quantitative estimate of drug-likeness (QED) is 0.277. The summed E-state index contributed by atoms with van der Waals surface area (Å²) in [6.45, 7) is 2.49. The highest BCUT2D eigenvalue weighted by Crippen LogP contribution is 2.29. The molecule has 0 radical (unpaired) electrons. The van der Waals surface area contributed by atoms with Crippen molar-refractivity contribution in [1.82, 2.24) is 4.72 Å². The highest BCUT2D eigenvalue weighted by atomic mass is 32.2.